The Balaban J connectivity index is 1.18. The lowest BCUT2D eigenvalue weighted by atomic mass is 9.62. The van der Waals surface area contributed by atoms with Gasteiger partial charge in [0, 0.05) is 38.5 Å². The second-order valence-electron chi connectivity index (χ2n) is 14.1. The third kappa shape index (κ3) is 4.55. The van der Waals surface area contributed by atoms with Crippen LogP contribution in [0.2, 0.25) is 0 Å². The summed E-state index contributed by atoms with van der Waals surface area (Å²) < 4.78 is 4.90. The number of para-hydroxylation sites is 3. The van der Waals surface area contributed by atoms with Crippen molar-refractivity contribution in [2.75, 3.05) is 0 Å². The third-order valence-corrected chi connectivity index (χ3v) is 11.8. The Bertz CT molecular complexity index is 2400. The molecule has 4 nitrogen and oxygen atoms in total. The summed E-state index contributed by atoms with van der Waals surface area (Å²) in [6, 6.07) is 37.7. The van der Waals surface area contributed by atoms with Crippen molar-refractivity contribution in [3.8, 4) is 17.8 Å². The van der Waals surface area contributed by atoms with Gasteiger partial charge in [-0.15, -0.1) is 0 Å². The Morgan fingerprint density at radius 3 is 2.18 bits per heavy atom. The maximum atomic E-state index is 10.7. The quantitative estimate of drug-likeness (QED) is 0.181. The SMILES string of the molecule is CC1C(C#N)=CCC(C2CCC=CC2n2c3c(c4ccccc42)C=CCC3)C1c1ccc(-n2c3ccccc3c3ccccc32)c(C#N)c1. The maximum Gasteiger partial charge on any atom is 0.101 e. The van der Waals surface area contributed by atoms with Crippen LogP contribution in [0.3, 0.4) is 0 Å². The molecular weight excluding hydrogens is 597 g/mol. The lowest BCUT2D eigenvalue weighted by Gasteiger charge is -2.44. The van der Waals surface area contributed by atoms with E-state index >= 15 is 0 Å². The number of hydrogen-bond donors (Lipinski definition) is 0. The van der Waals surface area contributed by atoms with Crippen molar-refractivity contribution >= 4 is 38.8 Å². The minimum atomic E-state index is 0.0548. The molecule has 6 aromatic rings. The van der Waals surface area contributed by atoms with Crippen LogP contribution in [-0.4, -0.2) is 9.13 Å². The van der Waals surface area contributed by atoms with Gasteiger partial charge in [0.1, 0.15) is 6.07 Å². The van der Waals surface area contributed by atoms with E-state index in [0.717, 1.165) is 60.0 Å². The van der Waals surface area contributed by atoms with Crippen LogP contribution in [0.15, 0.2) is 121 Å². The summed E-state index contributed by atoms with van der Waals surface area (Å²) in [7, 11) is 0. The molecule has 0 fully saturated rings. The van der Waals surface area contributed by atoms with Crippen LogP contribution < -0.4 is 0 Å². The van der Waals surface area contributed by atoms with Crippen LogP contribution in [0.25, 0.3) is 44.5 Å². The van der Waals surface area contributed by atoms with E-state index in [4.69, 9.17) is 0 Å². The molecule has 0 saturated carbocycles. The number of rotatable bonds is 4. The van der Waals surface area contributed by atoms with Crippen molar-refractivity contribution in [2.45, 2.75) is 51.0 Å². The van der Waals surface area contributed by atoms with E-state index in [1.165, 1.54) is 32.9 Å². The predicted octanol–water partition coefficient (Wildman–Crippen LogP) is 11.0. The molecule has 238 valence electrons. The highest BCUT2D eigenvalue weighted by molar-refractivity contribution is 6.09. The zero-order valence-corrected chi connectivity index (χ0v) is 27.8. The number of allylic oxidation sites excluding steroid dienone is 5. The van der Waals surface area contributed by atoms with Crippen LogP contribution in [0.5, 0.6) is 0 Å². The molecule has 0 amide bonds. The van der Waals surface area contributed by atoms with Crippen LogP contribution in [0, 0.1) is 40.4 Å². The van der Waals surface area contributed by atoms with Crippen molar-refractivity contribution in [1.82, 2.24) is 9.13 Å². The zero-order chi connectivity index (χ0) is 33.1. The molecular formula is C45H38N4. The number of nitrogens with zero attached hydrogens (tertiary/aromatic N) is 4. The summed E-state index contributed by atoms with van der Waals surface area (Å²) in [5, 5.41) is 24.7. The van der Waals surface area contributed by atoms with E-state index < -0.39 is 0 Å². The minimum absolute atomic E-state index is 0.0548. The van der Waals surface area contributed by atoms with Gasteiger partial charge in [0.2, 0.25) is 0 Å². The monoisotopic (exact) mass is 634 g/mol. The highest BCUT2D eigenvalue weighted by Crippen LogP contribution is 2.52. The first-order valence-electron chi connectivity index (χ1n) is 17.8. The van der Waals surface area contributed by atoms with Gasteiger partial charge < -0.3 is 9.13 Å². The lowest BCUT2D eigenvalue weighted by molar-refractivity contribution is 0.178. The molecule has 4 heteroatoms. The molecule has 3 aliphatic rings. The number of fused-ring (bicyclic) bond motifs is 6. The average Bonchev–Trinajstić information content (AvgIpc) is 3.67. The van der Waals surface area contributed by atoms with Crippen molar-refractivity contribution in [3.63, 3.8) is 0 Å². The summed E-state index contributed by atoms with van der Waals surface area (Å²) in [6.07, 6.45) is 16.9. The number of benzene rings is 4. The predicted molar refractivity (Wildman–Crippen MR) is 199 cm³/mol. The summed E-state index contributed by atoms with van der Waals surface area (Å²) in [5.41, 5.74) is 9.92. The smallest absolute Gasteiger partial charge is 0.101 e. The van der Waals surface area contributed by atoms with Crippen molar-refractivity contribution in [3.05, 3.63) is 143 Å². The molecule has 2 aromatic heterocycles. The molecule has 0 N–H and O–H groups in total. The Hall–Kier alpha value is -5.58. The number of nitriles is 2. The Labute approximate surface area is 287 Å². The number of aromatic nitrogens is 2. The zero-order valence-electron chi connectivity index (χ0n) is 27.8. The van der Waals surface area contributed by atoms with E-state index in [1.54, 1.807) is 0 Å². The second-order valence-corrected chi connectivity index (χ2v) is 14.1. The highest BCUT2D eigenvalue weighted by atomic mass is 15.0. The fourth-order valence-corrected chi connectivity index (χ4v) is 9.64. The fourth-order valence-electron chi connectivity index (χ4n) is 9.64. The average molecular weight is 635 g/mol. The Kier molecular flexibility index (Phi) is 7.14. The summed E-state index contributed by atoms with van der Waals surface area (Å²) in [5.74, 6) is 0.889. The molecule has 0 spiro atoms. The minimum Gasteiger partial charge on any atom is -0.337 e. The van der Waals surface area contributed by atoms with Gasteiger partial charge >= 0.3 is 0 Å². The first-order chi connectivity index (χ1) is 24.2. The van der Waals surface area contributed by atoms with Crippen molar-refractivity contribution in [2.24, 2.45) is 17.8 Å². The second kappa shape index (κ2) is 11.8. The molecule has 49 heavy (non-hydrogen) atoms. The first kappa shape index (κ1) is 29.6. The third-order valence-electron chi connectivity index (χ3n) is 11.8. The van der Waals surface area contributed by atoms with Crippen molar-refractivity contribution < 1.29 is 0 Å². The summed E-state index contributed by atoms with van der Waals surface area (Å²) >= 11 is 0. The fraction of sp³-hybridized carbons (Fsp3) is 0.244. The summed E-state index contributed by atoms with van der Waals surface area (Å²) in [6.45, 7) is 2.23. The Morgan fingerprint density at radius 1 is 0.735 bits per heavy atom. The lowest BCUT2D eigenvalue weighted by Crippen LogP contribution is -2.36. The van der Waals surface area contributed by atoms with Gasteiger partial charge in [-0.1, -0.05) is 98.0 Å². The largest absolute Gasteiger partial charge is 0.337 e. The van der Waals surface area contributed by atoms with E-state index in [-0.39, 0.29) is 17.9 Å². The summed E-state index contributed by atoms with van der Waals surface area (Å²) in [4.78, 5) is 0. The molecule has 0 aliphatic heterocycles. The van der Waals surface area contributed by atoms with Crippen LogP contribution in [0.1, 0.15) is 67.0 Å². The molecule has 4 aromatic carbocycles. The normalized spacial score (nSPS) is 23.3. The topological polar surface area (TPSA) is 57.4 Å². The molecule has 5 atom stereocenters. The van der Waals surface area contributed by atoms with Crippen LogP contribution in [0.4, 0.5) is 0 Å². The van der Waals surface area contributed by atoms with Crippen molar-refractivity contribution in [1.29, 1.82) is 10.5 Å². The standard InChI is InChI=1S/C45H38N4/c1-29-31(27-46)22-24-38(37-16-6-11-21-44(37)49-42-19-9-4-14-35(42)36-15-5-10-20-43(36)49)45(29)30-23-25-39(32(26-30)28-47)48-40-17-7-2-12-33(40)34-13-3-8-18-41(34)48/h2-5,7-9,11-15,17-19,21-23,25-26,29,37-38,44-45H,6,10,16,20,24H2,1H3. The molecule has 2 heterocycles. The van der Waals surface area contributed by atoms with Gasteiger partial charge in [0.15, 0.2) is 0 Å². The van der Waals surface area contributed by atoms with Gasteiger partial charge in [-0.2, -0.15) is 10.5 Å². The molecule has 0 saturated heterocycles. The number of hydrogen-bond acceptors (Lipinski definition) is 2. The van der Waals surface area contributed by atoms with Gasteiger partial charge in [0.05, 0.1) is 34.4 Å². The van der Waals surface area contributed by atoms with E-state index in [2.05, 4.69) is 150 Å². The van der Waals surface area contributed by atoms with Gasteiger partial charge in [-0.3, -0.25) is 0 Å². The molecule has 9 rings (SSSR count). The maximum absolute atomic E-state index is 10.7. The van der Waals surface area contributed by atoms with Gasteiger partial charge in [0.25, 0.3) is 0 Å². The molecule has 3 aliphatic carbocycles. The van der Waals surface area contributed by atoms with Crippen LogP contribution >= 0.6 is 0 Å². The van der Waals surface area contributed by atoms with E-state index in [9.17, 15) is 10.5 Å². The van der Waals surface area contributed by atoms with E-state index in [0.29, 0.717) is 17.4 Å². The Morgan fingerprint density at radius 2 is 1.45 bits per heavy atom. The highest BCUT2D eigenvalue weighted by Gasteiger charge is 2.42. The van der Waals surface area contributed by atoms with Gasteiger partial charge in [-0.25, -0.2) is 0 Å². The van der Waals surface area contributed by atoms with Crippen LogP contribution in [-0.2, 0) is 6.42 Å². The molecule has 0 bridgehead atoms. The molecule has 5 unspecified atom stereocenters. The first-order valence-corrected chi connectivity index (χ1v) is 17.8. The molecule has 0 radical (unpaired) electrons. The van der Waals surface area contributed by atoms with E-state index in [1.807, 2.05) is 0 Å². The van der Waals surface area contributed by atoms with Gasteiger partial charge in [-0.05, 0) is 91.7 Å².